The topological polar surface area (TPSA) is 0 Å². The summed E-state index contributed by atoms with van der Waals surface area (Å²) < 4.78 is 0. The molecule has 0 aliphatic carbocycles. The third-order valence-electron chi connectivity index (χ3n) is 1.20. The normalized spacial score (nSPS) is 10.9. The third kappa shape index (κ3) is 7.74. The van der Waals surface area contributed by atoms with Gasteiger partial charge in [0.2, 0.25) is 0 Å². The highest BCUT2D eigenvalue weighted by molar-refractivity contribution is 4.81. The van der Waals surface area contributed by atoms with Crippen molar-refractivity contribution in [1.82, 2.24) is 0 Å². The Balaban J connectivity index is 2.82. The second-order valence-electron chi connectivity index (χ2n) is 2.11. The summed E-state index contributed by atoms with van der Waals surface area (Å²) in [5, 5.41) is 0. The molecule has 0 bridgehead atoms. The van der Waals surface area contributed by atoms with Crippen LogP contribution >= 0.6 is 0 Å². The molecule has 52 valence electrons. The highest BCUT2D eigenvalue weighted by atomic mass is 13.9. The molecule has 9 heavy (non-hydrogen) atoms. The van der Waals surface area contributed by atoms with E-state index in [0.29, 0.717) is 0 Å². The van der Waals surface area contributed by atoms with Crippen LogP contribution in [-0.4, -0.2) is 0 Å². The van der Waals surface area contributed by atoms with Crippen molar-refractivity contribution in [2.45, 2.75) is 32.1 Å². The number of hydrogen-bond acceptors (Lipinski definition) is 0. The van der Waals surface area contributed by atoms with Crippen molar-refractivity contribution in [1.29, 1.82) is 0 Å². The van der Waals surface area contributed by atoms with Gasteiger partial charge in [0.1, 0.15) is 0 Å². The first-order chi connectivity index (χ1) is 4.41. The lowest BCUT2D eigenvalue weighted by atomic mass is 10.2. The lowest BCUT2D eigenvalue weighted by Gasteiger charge is -1.89. The Bertz CT molecular complexity index is 62.4. The lowest BCUT2D eigenvalue weighted by Crippen LogP contribution is -1.70. The van der Waals surface area contributed by atoms with Gasteiger partial charge in [0.15, 0.2) is 0 Å². The van der Waals surface area contributed by atoms with Gasteiger partial charge in [-0.2, -0.15) is 0 Å². The van der Waals surface area contributed by atoms with E-state index < -0.39 is 0 Å². The van der Waals surface area contributed by atoms with Gasteiger partial charge < -0.3 is 0 Å². The van der Waals surface area contributed by atoms with Gasteiger partial charge >= 0.3 is 0 Å². The van der Waals surface area contributed by atoms with E-state index >= 15 is 0 Å². The Kier molecular flexibility index (Phi) is 7.52. The zero-order chi connectivity index (χ0) is 6.95. The molecule has 0 atom stereocenters. The van der Waals surface area contributed by atoms with E-state index in [0.717, 1.165) is 12.8 Å². The van der Waals surface area contributed by atoms with Crippen molar-refractivity contribution in [2.75, 3.05) is 0 Å². The fourth-order valence-electron chi connectivity index (χ4n) is 0.675. The van der Waals surface area contributed by atoms with Crippen LogP contribution in [0.3, 0.4) is 0 Å². The Morgan fingerprint density at radius 1 is 1.00 bits per heavy atom. The van der Waals surface area contributed by atoms with Gasteiger partial charge in [0, 0.05) is 0 Å². The van der Waals surface area contributed by atoms with Crippen LogP contribution < -0.4 is 0 Å². The summed E-state index contributed by atoms with van der Waals surface area (Å²) >= 11 is 0. The minimum Gasteiger partial charge on any atom is -0.0885 e. The van der Waals surface area contributed by atoms with Gasteiger partial charge in [-0.1, -0.05) is 31.9 Å². The molecule has 0 aromatic rings. The molecule has 2 radical (unpaired) electrons. The molecule has 0 spiro atoms. The van der Waals surface area contributed by atoms with Crippen LogP contribution in [0, 0.1) is 13.8 Å². The molecule has 0 heterocycles. The summed E-state index contributed by atoms with van der Waals surface area (Å²) in [5.41, 5.74) is 0. The first-order valence-corrected chi connectivity index (χ1v) is 3.65. The number of allylic oxidation sites excluding steroid dienone is 2. The molecule has 0 N–H and O–H groups in total. The first-order valence-electron chi connectivity index (χ1n) is 3.65. The maximum atomic E-state index is 3.77. The van der Waals surface area contributed by atoms with Crippen LogP contribution in [0.2, 0.25) is 0 Å². The molecule has 0 aromatic heterocycles. The maximum Gasteiger partial charge on any atom is -0.0351 e. The maximum absolute atomic E-state index is 3.77. The van der Waals surface area contributed by atoms with E-state index in [2.05, 4.69) is 26.0 Å². The van der Waals surface area contributed by atoms with Crippen molar-refractivity contribution < 1.29 is 0 Å². The first kappa shape index (κ1) is 8.74. The van der Waals surface area contributed by atoms with Crippen molar-refractivity contribution in [3.05, 3.63) is 26.0 Å². The average Bonchev–Trinajstić information content (AvgIpc) is 1.89. The molecule has 0 fully saturated rings. The minimum absolute atomic E-state index is 0.921. The van der Waals surface area contributed by atoms with Crippen LogP contribution in [0.5, 0.6) is 0 Å². The van der Waals surface area contributed by atoms with Gasteiger partial charge in [-0.3, -0.25) is 0 Å². The molecule has 0 nitrogen and oxygen atoms in total. The highest BCUT2D eigenvalue weighted by Crippen LogP contribution is 1.99. The fourth-order valence-corrected chi connectivity index (χ4v) is 0.675. The van der Waals surface area contributed by atoms with Crippen molar-refractivity contribution in [3.63, 3.8) is 0 Å². The molecule has 0 aliphatic heterocycles. The monoisotopic (exact) mass is 124 g/mol. The molecule has 0 saturated heterocycles. The smallest absolute Gasteiger partial charge is 0.0351 e. The highest BCUT2D eigenvalue weighted by Gasteiger charge is 1.79. The van der Waals surface area contributed by atoms with Crippen LogP contribution in [0.25, 0.3) is 0 Å². The van der Waals surface area contributed by atoms with E-state index in [4.69, 9.17) is 0 Å². The number of hydrogen-bond donors (Lipinski definition) is 0. The van der Waals surface area contributed by atoms with Gasteiger partial charge in [0.05, 0.1) is 0 Å². The second-order valence-corrected chi connectivity index (χ2v) is 2.11. The summed E-state index contributed by atoms with van der Waals surface area (Å²) in [5.74, 6) is 0. The lowest BCUT2D eigenvalue weighted by molar-refractivity contribution is 0.759. The number of rotatable bonds is 5. The zero-order valence-corrected chi connectivity index (χ0v) is 6.10. The Morgan fingerprint density at radius 3 is 2.33 bits per heavy atom. The molecule has 0 aliphatic rings. The van der Waals surface area contributed by atoms with Crippen LogP contribution in [-0.2, 0) is 0 Å². The Morgan fingerprint density at radius 2 is 1.78 bits per heavy atom. The van der Waals surface area contributed by atoms with E-state index in [-0.39, 0.29) is 0 Å². The molecule has 0 amide bonds. The standard InChI is InChI=1S/C9H16/c1-3-5-7-9-8-6-4-2/h5,7H,1-4,6,8-9H2. The molecule has 0 rings (SSSR count). The predicted molar refractivity (Wildman–Crippen MR) is 42.9 cm³/mol. The van der Waals surface area contributed by atoms with Crippen molar-refractivity contribution >= 4 is 0 Å². The Hall–Kier alpha value is -0.260. The molecule has 0 saturated carbocycles. The van der Waals surface area contributed by atoms with Gasteiger partial charge in [0.25, 0.3) is 0 Å². The van der Waals surface area contributed by atoms with Crippen LogP contribution in [0.1, 0.15) is 32.1 Å². The number of unbranched alkanes of at least 4 members (excludes halogenated alkanes) is 3. The average molecular weight is 124 g/mol. The predicted octanol–water partition coefficient (Wildman–Crippen LogP) is 3.16. The quantitative estimate of drug-likeness (QED) is 0.390. The SMILES string of the molecule is [CH2]CC=CCCCC[CH2]. The van der Waals surface area contributed by atoms with Crippen LogP contribution in [0.4, 0.5) is 0 Å². The van der Waals surface area contributed by atoms with E-state index in [9.17, 15) is 0 Å². The summed E-state index contributed by atoms with van der Waals surface area (Å²) in [6, 6.07) is 0. The molecule has 0 aromatic carbocycles. The van der Waals surface area contributed by atoms with E-state index in [1.807, 2.05) is 0 Å². The molecular weight excluding hydrogens is 108 g/mol. The van der Waals surface area contributed by atoms with Crippen molar-refractivity contribution in [3.8, 4) is 0 Å². The summed E-state index contributed by atoms with van der Waals surface area (Å²) in [7, 11) is 0. The zero-order valence-electron chi connectivity index (χ0n) is 6.10. The third-order valence-corrected chi connectivity index (χ3v) is 1.20. The van der Waals surface area contributed by atoms with Gasteiger partial charge in [-0.05, 0) is 26.2 Å². The van der Waals surface area contributed by atoms with Crippen LogP contribution in [0.15, 0.2) is 12.2 Å². The second kappa shape index (κ2) is 7.74. The van der Waals surface area contributed by atoms with Crippen molar-refractivity contribution in [2.24, 2.45) is 0 Å². The fraction of sp³-hybridized carbons (Fsp3) is 0.556. The summed E-state index contributed by atoms with van der Waals surface area (Å²) in [4.78, 5) is 0. The largest absolute Gasteiger partial charge is 0.0885 e. The minimum atomic E-state index is 0.921. The van der Waals surface area contributed by atoms with E-state index in [1.165, 1.54) is 19.3 Å². The molecule has 0 unspecified atom stereocenters. The summed E-state index contributed by atoms with van der Waals surface area (Å²) in [6.45, 7) is 7.47. The molecule has 0 heteroatoms. The summed E-state index contributed by atoms with van der Waals surface area (Å²) in [6.07, 6.45) is 10.0. The van der Waals surface area contributed by atoms with Gasteiger partial charge in [-0.15, -0.1) is 0 Å². The molecular formula is C9H16. The van der Waals surface area contributed by atoms with Gasteiger partial charge in [-0.25, -0.2) is 0 Å². The Labute approximate surface area is 59.0 Å². The van der Waals surface area contributed by atoms with E-state index in [1.54, 1.807) is 0 Å².